The molecule has 0 aromatic carbocycles. The molecule has 0 amide bonds. The van der Waals surface area contributed by atoms with E-state index < -0.39 is 0 Å². The molecule has 0 saturated carbocycles. The summed E-state index contributed by atoms with van der Waals surface area (Å²) in [6, 6.07) is 8.86. The average molecular weight is 325 g/mol. The smallest absolute Gasteiger partial charge is 0.132 e. The molecule has 0 bridgehead atoms. The van der Waals surface area contributed by atoms with Gasteiger partial charge in [0.05, 0.1) is 0 Å². The number of aryl methyl sites for hydroxylation is 2. The van der Waals surface area contributed by atoms with Crippen LogP contribution in [0.2, 0.25) is 0 Å². The number of pyridine rings is 1. The fraction of sp³-hybridized carbons (Fsp3) is 0.526. The van der Waals surface area contributed by atoms with Gasteiger partial charge in [-0.25, -0.2) is 9.97 Å². The first-order chi connectivity index (χ1) is 11.6. The van der Waals surface area contributed by atoms with Crippen LogP contribution in [0.5, 0.6) is 0 Å². The Morgan fingerprint density at radius 1 is 1.21 bits per heavy atom. The molecule has 5 nitrogen and oxygen atoms in total. The Hall–Kier alpha value is -2.01. The number of nitrogens with zero attached hydrogens (tertiary/aromatic N) is 5. The summed E-state index contributed by atoms with van der Waals surface area (Å²) >= 11 is 0. The molecule has 1 unspecified atom stereocenters. The Kier molecular flexibility index (Phi) is 5.41. The first kappa shape index (κ1) is 16.8. The number of aromatic nitrogens is 3. The minimum Gasteiger partial charge on any atom is -0.355 e. The first-order valence-electron chi connectivity index (χ1n) is 8.78. The summed E-state index contributed by atoms with van der Waals surface area (Å²) in [5.41, 5.74) is 3.31. The van der Waals surface area contributed by atoms with Crippen LogP contribution in [0.15, 0.2) is 30.6 Å². The zero-order valence-electron chi connectivity index (χ0n) is 14.9. The van der Waals surface area contributed by atoms with Gasteiger partial charge in [0.25, 0.3) is 0 Å². The van der Waals surface area contributed by atoms with E-state index in [-0.39, 0.29) is 0 Å². The molecule has 128 valence electrons. The van der Waals surface area contributed by atoms with Crippen molar-refractivity contribution in [3.63, 3.8) is 0 Å². The van der Waals surface area contributed by atoms with E-state index in [0.29, 0.717) is 6.04 Å². The molecule has 0 spiro atoms. The highest BCUT2D eigenvalue weighted by molar-refractivity contribution is 5.39. The van der Waals surface area contributed by atoms with Gasteiger partial charge in [0, 0.05) is 55.7 Å². The van der Waals surface area contributed by atoms with E-state index in [1.54, 1.807) is 6.33 Å². The number of hydrogen-bond acceptors (Lipinski definition) is 5. The summed E-state index contributed by atoms with van der Waals surface area (Å²) in [7, 11) is 2.15. The standard InChI is InChI=1S/C19H27N5/c1-15-6-4-7-17(22-15)9-11-24-10-5-8-18(13-24)23(3)19-12-16(2)20-14-21-19/h4,6-7,12,14,18H,5,8-11,13H2,1-3H3. The van der Waals surface area contributed by atoms with Crippen molar-refractivity contribution in [1.82, 2.24) is 19.9 Å². The molecule has 2 aromatic rings. The quantitative estimate of drug-likeness (QED) is 0.845. The summed E-state index contributed by atoms with van der Waals surface area (Å²) in [6.45, 7) is 7.41. The van der Waals surface area contributed by atoms with E-state index >= 15 is 0 Å². The Labute approximate surface area is 144 Å². The fourth-order valence-electron chi connectivity index (χ4n) is 3.38. The molecule has 3 rings (SSSR count). The van der Waals surface area contributed by atoms with Crippen LogP contribution in [0.1, 0.15) is 29.9 Å². The number of anilines is 1. The van der Waals surface area contributed by atoms with Crippen molar-refractivity contribution in [3.05, 3.63) is 47.7 Å². The Balaban J connectivity index is 1.57. The van der Waals surface area contributed by atoms with Crippen LogP contribution < -0.4 is 4.90 Å². The summed E-state index contributed by atoms with van der Waals surface area (Å²) in [5.74, 6) is 1.02. The lowest BCUT2D eigenvalue weighted by atomic mass is 10.0. The molecule has 1 aliphatic rings. The SMILES string of the molecule is Cc1cc(N(C)C2CCCN(CCc3cccc(C)n3)C2)ncn1. The van der Waals surface area contributed by atoms with Gasteiger partial charge >= 0.3 is 0 Å². The van der Waals surface area contributed by atoms with Crippen molar-refractivity contribution >= 4 is 5.82 Å². The van der Waals surface area contributed by atoms with E-state index in [0.717, 1.165) is 36.7 Å². The maximum atomic E-state index is 4.61. The molecule has 1 saturated heterocycles. The van der Waals surface area contributed by atoms with E-state index in [9.17, 15) is 0 Å². The van der Waals surface area contributed by atoms with Crippen molar-refractivity contribution in [2.24, 2.45) is 0 Å². The third-order valence-electron chi connectivity index (χ3n) is 4.81. The molecule has 5 heteroatoms. The Morgan fingerprint density at radius 3 is 2.88 bits per heavy atom. The fourth-order valence-corrected chi connectivity index (χ4v) is 3.38. The maximum Gasteiger partial charge on any atom is 0.132 e. The zero-order valence-corrected chi connectivity index (χ0v) is 14.9. The van der Waals surface area contributed by atoms with Gasteiger partial charge < -0.3 is 9.80 Å². The first-order valence-corrected chi connectivity index (χ1v) is 8.78. The Bertz CT molecular complexity index is 672. The average Bonchev–Trinajstić information content (AvgIpc) is 2.60. The second-order valence-corrected chi connectivity index (χ2v) is 6.75. The second-order valence-electron chi connectivity index (χ2n) is 6.75. The molecule has 24 heavy (non-hydrogen) atoms. The largest absolute Gasteiger partial charge is 0.355 e. The normalized spacial score (nSPS) is 18.5. The van der Waals surface area contributed by atoms with Crippen LogP contribution in [0.3, 0.4) is 0 Å². The lowest BCUT2D eigenvalue weighted by Crippen LogP contribution is -2.47. The topological polar surface area (TPSA) is 45.2 Å². The van der Waals surface area contributed by atoms with Gasteiger partial charge in [-0.3, -0.25) is 4.98 Å². The van der Waals surface area contributed by atoms with E-state index in [4.69, 9.17) is 0 Å². The van der Waals surface area contributed by atoms with Crippen molar-refractivity contribution in [2.45, 2.75) is 39.2 Å². The van der Waals surface area contributed by atoms with Gasteiger partial charge in [-0.2, -0.15) is 0 Å². The van der Waals surface area contributed by atoms with E-state index in [1.165, 1.54) is 25.1 Å². The second kappa shape index (κ2) is 7.71. The number of likely N-dealkylation sites (N-methyl/N-ethyl adjacent to an activating group) is 1. The van der Waals surface area contributed by atoms with Crippen molar-refractivity contribution in [3.8, 4) is 0 Å². The van der Waals surface area contributed by atoms with Crippen LogP contribution >= 0.6 is 0 Å². The van der Waals surface area contributed by atoms with E-state index in [2.05, 4.69) is 63.0 Å². The van der Waals surface area contributed by atoms with Crippen LogP contribution in [-0.4, -0.2) is 52.6 Å². The number of hydrogen-bond donors (Lipinski definition) is 0. The van der Waals surface area contributed by atoms with E-state index in [1.807, 2.05) is 6.92 Å². The van der Waals surface area contributed by atoms with Gasteiger partial charge in [-0.05, 0) is 45.4 Å². The summed E-state index contributed by atoms with van der Waals surface area (Å²) in [4.78, 5) is 18.1. The summed E-state index contributed by atoms with van der Waals surface area (Å²) in [6.07, 6.45) is 5.13. The zero-order chi connectivity index (χ0) is 16.9. The highest BCUT2D eigenvalue weighted by Crippen LogP contribution is 2.20. The van der Waals surface area contributed by atoms with Crippen molar-refractivity contribution < 1.29 is 0 Å². The number of rotatable bonds is 5. The van der Waals surface area contributed by atoms with Crippen LogP contribution in [0, 0.1) is 13.8 Å². The molecule has 0 N–H and O–H groups in total. The summed E-state index contributed by atoms with van der Waals surface area (Å²) < 4.78 is 0. The van der Waals surface area contributed by atoms with Gasteiger partial charge in [-0.15, -0.1) is 0 Å². The van der Waals surface area contributed by atoms with Gasteiger partial charge in [0.1, 0.15) is 12.1 Å². The van der Waals surface area contributed by atoms with Crippen molar-refractivity contribution in [2.75, 3.05) is 31.6 Å². The molecular formula is C19H27N5. The molecule has 2 aromatic heterocycles. The van der Waals surface area contributed by atoms with Crippen LogP contribution in [-0.2, 0) is 6.42 Å². The predicted octanol–water partition coefficient (Wildman–Crippen LogP) is 2.63. The molecule has 1 aliphatic heterocycles. The lowest BCUT2D eigenvalue weighted by Gasteiger charge is -2.38. The summed E-state index contributed by atoms with van der Waals surface area (Å²) in [5, 5.41) is 0. The minimum atomic E-state index is 0.513. The predicted molar refractivity (Wildman–Crippen MR) is 97.3 cm³/mol. The van der Waals surface area contributed by atoms with Gasteiger partial charge in [-0.1, -0.05) is 6.07 Å². The minimum absolute atomic E-state index is 0.513. The Morgan fingerprint density at radius 2 is 2.08 bits per heavy atom. The third kappa shape index (κ3) is 4.29. The maximum absolute atomic E-state index is 4.61. The van der Waals surface area contributed by atoms with Crippen LogP contribution in [0.25, 0.3) is 0 Å². The molecule has 1 fully saturated rings. The van der Waals surface area contributed by atoms with Gasteiger partial charge in [0.2, 0.25) is 0 Å². The van der Waals surface area contributed by atoms with Crippen LogP contribution in [0.4, 0.5) is 5.82 Å². The highest BCUT2D eigenvalue weighted by atomic mass is 15.2. The molecule has 1 atom stereocenters. The number of piperidine rings is 1. The highest BCUT2D eigenvalue weighted by Gasteiger charge is 2.24. The third-order valence-corrected chi connectivity index (χ3v) is 4.81. The monoisotopic (exact) mass is 325 g/mol. The van der Waals surface area contributed by atoms with Gasteiger partial charge in [0.15, 0.2) is 0 Å². The lowest BCUT2D eigenvalue weighted by molar-refractivity contribution is 0.207. The molecule has 3 heterocycles. The molecular weight excluding hydrogens is 298 g/mol. The molecule has 0 radical (unpaired) electrons. The van der Waals surface area contributed by atoms with Crippen molar-refractivity contribution in [1.29, 1.82) is 0 Å². The number of likely N-dealkylation sites (tertiary alicyclic amines) is 1. The molecule has 0 aliphatic carbocycles.